The zero-order valence-corrected chi connectivity index (χ0v) is 17.8. The zero-order chi connectivity index (χ0) is 22.5. The monoisotopic (exact) mass is 430 g/mol. The molecule has 168 valence electrons. The Bertz CT molecular complexity index is 760. The molecule has 1 atom stereocenters. The quantitative estimate of drug-likeness (QED) is 0.679. The molecule has 1 saturated heterocycles. The molecule has 0 spiro atoms. The van der Waals surface area contributed by atoms with Gasteiger partial charge in [0.05, 0.1) is 17.7 Å². The average molecular weight is 430 g/mol. The maximum Gasteiger partial charge on any atom is 0.416 e. The molecular weight excluding hydrogens is 401 g/mol. The Hall–Kier alpha value is -2.29. The third kappa shape index (κ3) is 6.90. The Morgan fingerprint density at radius 2 is 1.93 bits per heavy atom. The molecule has 1 aliphatic heterocycles. The third-order valence-corrected chi connectivity index (χ3v) is 4.68. The van der Waals surface area contributed by atoms with Gasteiger partial charge in [0.2, 0.25) is 0 Å². The molecule has 1 aliphatic rings. The molecule has 1 heterocycles. The minimum absolute atomic E-state index is 0.0681. The average Bonchev–Trinajstić information content (AvgIpc) is 3.05. The largest absolute Gasteiger partial charge is 0.462 e. The summed E-state index contributed by atoms with van der Waals surface area (Å²) in [6, 6.07) is 3.43. The number of ether oxygens (including phenoxy) is 2. The summed E-state index contributed by atoms with van der Waals surface area (Å²) >= 11 is 0. The van der Waals surface area contributed by atoms with E-state index in [1.54, 1.807) is 27.7 Å². The summed E-state index contributed by atoms with van der Waals surface area (Å²) in [6.45, 7) is 7.93. The Kier molecular flexibility index (Phi) is 7.74. The van der Waals surface area contributed by atoms with Crippen LogP contribution in [0.3, 0.4) is 0 Å². The lowest BCUT2D eigenvalue weighted by molar-refractivity contribution is -0.138. The number of benzene rings is 1. The number of esters is 1. The number of rotatable bonds is 6. The second-order valence-corrected chi connectivity index (χ2v) is 8.24. The summed E-state index contributed by atoms with van der Waals surface area (Å²) in [5, 5.41) is 2.69. The summed E-state index contributed by atoms with van der Waals surface area (Å²) in [4.78, 5) is 25.6. The highest BCUT2D eigenvalue weighted by atomic mass is 19.4. The van der Waals surface area contributed by atoms with Gasteiger partial charge in [-0.15, -0.1) is 0 Å². The molecule has 0 aromatic heterocycles. The van der Waals surface area contributed by atoms with Crippen LogP contribution in [0, 0.1) is 0 Å². The first-order chi connectivity index (χ1) is 13.9. The van der Waals surface area contributed by atoms with Gasteiger partial charge in [-0.1, -0.05) is 6.07 Å². The van der Waals surface area contributed by atoms with E-state index >= 15 is 0 Å². The molecule has 30 heavy (non-hydrogen) atoms. The molecule has 1 unspecified atom stereocenters. The third-order valence-electron chi connectivity index (χ3n) is 4.68. The minimum atomic E-state index is -4.60. The number of carbonyl (C=O) groups excluding carboxylic acids is 2. The SMILES string of the molecule is CCOC(=O)c1ccc(CN2CCCC2CNC(=O)OC(C)(C)C)c(C(F)(F)F)c1. The van der Waals surface area contributed by atoms with E-state index in [1.807, 2.05) is 4.90 Å². The minimum Gasteiger partial charge on any atom is -0.462 e. The van der Waals surface area contributed by atoms with E-state index in [9.17, 15) is 22.8 Å². The predicted molar refractivity (Wildman–Crippen MR) is 105 cm³/mol. The summed E-state index contributed by atoms with van der Waals surface area (Å²) < 4.78 is 50.9. The Morgan fingerprint density at radius 1 is 1.23 bits per heavy atom. The van der Waals surface area contributed by atoms with Gasteiger partial charge in [-0.3, -0.25) is 4.90 Å². The second kappa shape index (κ2) is 9.68. The molecular formula is C21H29F3N2O4. The first-order valence-electron chi connectivity index (χ1n) is 9.99. The molecule has 1 aromatic rings. The number of alkyl carbamates (subject to hydrolysis) is 1. The lowest BCUT2D eigenvalue weighted by Crippen LogP contribution is -2.42. The van der Waals surface area contributed by atoms with Crippen LogP contribution in [0.5, 0.6) is 0 Å². The number of amides is 1. The van der Waals surface area contributed by atoms with Crippen LogP contribution in [0.15, 0.2) is 18.2 Å². The van der Waals surface area contributed by atoms with Crippen molar-refractivity contribution in [3.8, 4) is 0 Å². The molecule has 0 aliphatic carbocycles. The summed E-state index contributed by atoms with van der Waals surface area (Å²) in [5.41, 5.74) is -1.52. The van der Waals surface area contributed by atoms with Gasteiger partial charge in [0.15, 0.2) is 0 Å². The molecule has 9 heteroatoms. The lowest BCUT2D eigenvalue weighted by atomic mass is 10.0. The summed E-state index contributed by atoms with van der Waals surface area (Å²) in [5.74, 6) is -0.782. The Balaban J connectivity index is 2.11. The van der Waals surface area contributed by atoms with Crippen molar-refractivity contribution in [1.82, 2.24) is 10.2 Å². The van der Waals surface area contributed by atoms with Crippen LogP contribution < -0.4 is 5.32 Å². The van der Waals surface area contributed by atoms with E-state index in [0.29, 0.717) is 6.54 Å². The van der Waals surface area contributed by atoms with Gasteiger partial charge in [0, 0.05) is 19.1 Å². The van der Waals surface area contributed by atoms with Crippen molar-refractivity contribution in [1.29, 1.82) is 0 Å². The summed E-state index contributed by atoms with van der Waals surface area (Å²) in [6.07, 6.45) is -3.56. The van der Waals surface area contributed by atoms with Gasteiger partial charge in [-0.05, 0) is 64.8 Å². The van der Waals surface area contributed by atoms with Crippen LogP contribution in [0.1, 0.15) is 62.0 Å². The van der Waals surface area contributed by atoms with Gasteiger partial charge < -0.3 is 14.8 Å². The van der Waals surface area contributed by atoms with Crippen molar-refractivity contribution >= 4 is 12.1 Å². The normalized spacial score (nSPS) is 17.6. The van der Waals surface area contributed by atoms with Crippen molar-refractivity contribution < 1.29 is 32.2 Å². The maximum absolute atomic E-state index is 13.6. The molecule has 1 amide bonds. The smallest absolute Gasteiger partial charge is 0.416 e. The number of carbonyl (C=O) groups is 2. The number of halogens is 3. The van der Waals surface area contributed by atoms with Crippen molar-refractivity contribution in [2.24, 2.45) is 0 Å². The van der Waals surface area contributed by atoms with Crippen LogP contribution in [0.2, 0.25) is 0 Å². The molecule has 1 fully saturated rings. The van der Waals surface area contributed by atoms with E-state index in [2.05, 4.69) is 5.32 Å². The molecule has 0 saturated carbocycles. The van der Waals surface area contributed by atoms with Crippen LogP contribution in [-0.4, -0.2) is 48.3 Å². The zero-order valence-electron chi connectivity index (χ0n) is 17.8. The fourth-order valence-corrected chi connectivity index (χ4v) is 3.39. The first kappa shape index (κ1) is 24.0. The van der Waals surface area contributed by atoms with Crippen molar-refractivity contribution in [3.05, 3.63) is 34.9 Å². The number of likely N-dealkylation sites (tertiary alicyclic amines) is 1. The van der Waals surface area contributed by atoms with E-state index in [1.165, 1.54) is 12.1 Å². The van der Waals surface area contributed by atoms with E-state index in [4.69, 9.17) is 9.47 Å². The Labute approximate surface area is 174 Å². The van der Waals surface area contributed by atoms with E-state index in [0.717, 1.165) is 18.9 Å². The summed E-state index contributed by atoms with van der Waals surface area (Å²) in [7, 11) is 0. The van der Waals surface area contributed by atoms with Crippen LogP contribution in [0.4, 0.5) is 18.0 Å². The number of hydrogen-bond acceptors (Lipinski definition) is 5. The van der Waals surface area contributed by atoms with E-state index in [-0.39, 0.29) is 36.9 Å². The molecule has 1 N–H and O–H groups in total. The van der Waals surface area contributed by atoms with Crippen LogP contribution in [-0.2, 0) is 22.2 Å². The van der Waals surface area contributed by atoms with Crippen molar-refractivity contribution in [3.63, 3.8) is 0 Å². The van der Waals surface area contributed by atoms with Crippen LogP contribution >= 0.6 is 0 Å². The van der Waals surface area contributed by atoms with Crippen molar-refractivity contribution in [2.75, 3.05) is 19.7 Å². The predicted octanol–water partition coefficient (Wildman–Crippen LogP) is 4.37. The number of nitrogens with zero attached hydrogens (tertiary/aromatic N) is 1. The van der Waals surface area contributed by atoms with Gasteiger partial charge >= 0.3 is 18.2 Å². The highest BCUT2D eigenvalue weighted by Crippen LogP contribution is 2.34. The number of hydrogen-bond donors (Lipinski definition) is 1. The first-order valence-corrected chi connectivity index (χ1v) is 9.99. The molecule has 1 aromatic carbocycles. The fourth-order valence-electron chi connectivity index (χ4n) is 3.39. The molecule has 6 nitrogen and oxygen atoms in total. The highest BCUT2D eigenvalue weighted by molar-refractivity contribution is 5.89. The maximum atomic E-state index is 13.6. The fraction of sp³-hybridized carbons (Fsp3) is 0.619. The standard InChI is InChI=1S/C21H29F3N2O4/c1-5-29-18(27)14-8-9-15(17(11-14)21(22,23)24)13-26-10-6-7-16(26)12-25-19(28)30-20(2,3)4/h8-9,11,16H,5-7,10,12-13H2,1-4H3,(H,25,28). The molecule has 2 rings (SSSR count). The molecule has 0 radical (unpaired) electrons. The highest BCUT2D eigenvalue weighted by Gasteiger charge is 2.36. The molecule has 0 bridgehead atoms. The van der Waals surface area contributed by atoms with Gasteiger partial charge in [0.25, 0.3) is 0 Å². The second-order valence-electron chi connectivity index (χ2n) is 8.24. The number of nitrogens with one attached hydrogen (secondary N) is 1. The van der Waals surface area contributed by atoms with Gasteiger partial charge in [0.1, 0.15) is 5.60 Å². The van der Waals surface area contributed by atoms with Gasteiger partial charge in [-0.25, -0.2) is 9.59 Å². The van der Waals surface area contributed by atoms with E-state index < -0.39 is 29.4 Å². The Morgan fingerprint density at radius 3 is 2.53 bits per heavy atom. The number of alkyl halides is 3. The topological polar surface area (TPSA) is 67.9 Å². The van der Waals surface area contributed by atoms with Crippen LogP contribution in [0.25, 0.3) is 0 Å². The lowest BCUT2D eigenvalue weighted by Gasteiger charge is -2.27. The van der Waals surface area contributed by atoms with Gasteiger partial charge in [-0.2, -0.15) is 13.2 Å². The van der Waals surface area contributed by atoms with Crippen molar-refractivity contribution in [2.45, 2.75) is 64.9 Å².